The quantitative estimate of drug-likeness (QED) is 0.693. The van der Waals surface area contributed by atoms with Gasteiger partial charge in [-0.2, -0.15) is 0 Å². The predicted octanol–water partition coefficient (Wildman–Crippen LogP) is -0.0802. The van der Waals surface area contributed by atoms with Crippen molar-refractivity contribution in [3.8, 4) is 0 Å². The lowest BCUT2D eigenvalue weighted by atomic mass is 10.1. The lowest BCUT2D eigenvalue weighted by Crippen LogP contribution is -2.59. The van der Waals surface area contributed by atoms with Crippen LogP contribution in [0.1, 0.15) is 20.3 Å². The fourth-order valence-electron chi connectivity index (χ4n) is 1.87. The summed E-state index contributed by atoms with van der Waals surface area (Å²) in [6.07, 6.45) is 1.01. The maximum absolute atomic E-state index is 11.7. The van der Waals surface area contributed by atoms with Crippen molar-refractivity contribution >= 4 is 5.91 Å². The molecule has 14 heavy (non-hydrogen) atoms. The molecule has 1 amide bonds. The average Bonchev–Trinajstić information content (AvgIpc) is 2.20. The number of aliphatic hydroxyl groups excluding tert-OH is 1. The van der Waals surface area contributed by atoms with E-state index in [2.05, 4.69) is 18.7 Å². The van der Waals surface area contributed by atoms with Crippen LogP contribution in [0.15, 0.2) is 0 Å². The van der Waals surface area contributed by atoms with Crippen molar-refractivity contribution in [2.75, 3.05) is 26.7 Å². The van der Waals surface area contributed by atoms with Gasteiger partial charge >= 0.3 is 0 Å². The molecule has 0 aromatic heterocycles. The second-order valence-electron chi connectivity index (χ2n) is 3.95. The van der Waals surface area contributed by atoms with Gasteiger partial charge in [0.1, 0.15) is 6.04 Å². The number of carbonyl (C=O) groups is 1. The molecule has 0 radical (unpaired) electrons. The van der Waals surface area contributed by atoms with Crippen LogP contribution >= 0.6 is 0 Å². The van der Waals surface area contributed by atoms with Crippen LogP contribution in [0, 0.1) is 0 Å². The van der Waals surface area contributed by atoms with Crippen LogP contribution in [-0.4, -0.2) is 59.6 Å². The van der Waals surface area contributed by atoms with Crippen molar-refractivity contribution in [3.05, 3.63) is 0 Å². The third-order valence-electron chi connectivity index (χ3n) is 3.09. The van der Waals surface area contributed by atoms with Crippen molar-refractivity contribution in [2.45, 2.75) is 32.4 Å². The van der Waals surface area contributed by atoms with Crippen LogP contribution in [0.2, 0.25) is 0 Å². The first-order valence-electron chi connectivity index (χ1n) is 5.23. The minimum atomic E-state index is -0.330. The number of likely N-dealkylation sites (N-methyl/N-ethyl adjacent to an activating group) is 1. The number of piperazine rings is 1. The van der Waals surface area contributed by atoms with Gasteiger partial charge < -0.3 is 10.0 Å². The second kappa shape index (κ2) is 4.75. The lowest BCUT2D eigenvalue weighted by Gasteiger charge is -2.41. The topological polar surface area (TPSA) is 43.8 Å². The molecular weight excluding hydrogens is 180 g/mol. The molecule has 2 unspecified atom stereocenters. The molecule has 0 aliphatic carbocycles. The summed E-state index contributed by atoms with van der Waals surface area (Å²) < 4.78 is 0. The molecule has 4 nitrogen and oxygen atoms in total. The third kappa shape index (κ3) is 2.07. The van der Waals surface area contributed by atoms with E-state index in [1.54, 1.807) is 11.9 Å². The predicted molar refractivity (Wildman–Crippen MR) is 55.0 cm³/mol. The van der Waals surface area contributed by atoms with Crippen LogP contribution in [0.25, 0.3) is 0 Å². The summed E-state index contributed by atoms with van der Waals surface area (Å²) in [4.78, 5) is 15.5. The Labute approximate surface area is 85.5 Å². The molecule has 1 heterocycles. The molecule has 0 bridgehead atoms. The van der Waals surface area contributed by atoms with E-state index in [9.17, 15) is 9.90 Å². The number of hydrogen-bond acceptors (Lipinski definition) is 3. The Bertz CT molecular complexity index is 208. The largest absolute Gasteiger partial charge is 0.394 e. The second-order valence-corrected chi connectivity index (χ2v) is 3.95. The van der Waals surface area contributed by atoms with Crippen LogP contribution in [0.3, 0.4) is 0 Å². The molecule has 1 saturated heterocycles. The lowest BCUT2D eigenvalue weighted by molar-refractivity contribution is -0.143. The molecule has 4 heteroatoms. The summed E-state index contributed by atoms with van der Waals surface area (Å²) >= 11 is 0. The average molecular weight is 200 g/mol. The zero-order chi connectivity index (χ0) is 10.7. The van der Waals surface area contributed by atoms with E-state index >= 15 is 0 Å². The zero-order valence-electron chi connectivity index (χ0n) is 9.23. The Morgan fingerprint density at radius 3 is 2.71 bits per heavy atom. The summed E-state index contributed by atoms with van der Waals surface area (Å²) in [5, 5.41) is 9.20. The van der Waals surface area contributed by atoms with Crippen molar-refractivity contribution < 1.29 is 9.90 Å². The molecule has 2 atom stereocenters. The highest BCUT2D eigenvalue weighted by atomic mass is 16.3. The van der Waals surface area contributed by atoms with Gasteiger partial charge in [0.25, 0.3) is 0 Å². The Hall–Kier alpha value is -0.610. The van der Waals surface area contributed by atoms with Crippen molar-refractivity contribution in [1.29, 1.82) is 0 Å². The highest BCUT2D eigenvalue weighted by molar-refractivity contribution is 5.82. The van der Waals surface area contributed by atoms with Gasteiger partial charge in [-0.05, 0) is 13.3 Å². The van der Waals surface area contributed by atoms with E-state index in [1.807, 2.05) is 0 Å². The number of aliphatic hydroxyl groups is 1. The highest BCUT2D eigenvalue weighted by Crippen LogP contribution is 2.14. The molecule has 0 saturated carbocycles. The van der Waals surface area contributed by atoms with Gasteiger partial charge in [-0.25, -0.2) is 0 Å². The molecule has 0 aromatic carbocycles. The molecule has 1 aliphatic heterocycles. The Morgan fingerprint density at radius 2 is 2.21 bits per heavy atom. The number of amides is 1. The van der Waals surface area contributed by atoms with Crippen LogP contribution in [0.5, 0.6) is 0 Å². The summed E-state index contributed by atoms with van der Waals surface area (Å²) in [5.74, 6) is 0.0408. The van der Waals surface area contributed by atoms with Crippen LogP contribution < -0.4 is 0 Å². The zero-order valence-corrected chi connectivity index (χ0v) is 9.23. The fraction of sp³-hybridized carbons (Fsp3) is 0.900. The standard InChI is InChI=1S/C10H20N2O2/c1-4-8(2)12-6-5-11(3)10(14)9(12)7-13/h8-9,13H,4-7H2,1-3H3. The monoisotopic (exact) mass is 200 g/mol. The third-order valence-corrected chi connectivity index (χ3v) is 3.09. The SMILES string of the molecule is CCC(C)N1CCN(C)C(=O)C1CO. The summed E-state index contributed by atoms with van der Waals surface area (Å²) in [6.45, 7) is 5.75. The van der Waals surface area contributed by atoms with Crippen molar-refractivity contribution in [1.82, 2.24) is 9.80 Å². The fourth-order valence-corrected chi connectivity index (χ4v) is 1.87. The first-order valence-corrected chi connectivity index (χ1v) is 5.23. The van der Waals surface area contributed by atoms with Gasteiger partial charge in [-0.3, -0.25) is 9.69 Å². The highest BCUT2D eigenvalue weighted by Gasteiger charge is 2.34. The Morgan fingerprint density at radius 1 is 1.57 bits per heavy atom. The van der Waals surface area contributed by atoms with Gasteiger partial charge in [0, 0.05) is 26.2 Å². The Kier molecular flexibility index (Phi) is 3.89. The van der Waals surface area contributed by atoms with Crippen molar-refractivity contribution in [3.63, 3.8) is 0 Å². The van der Waals surface area contributed by atoms with E-state index in [0.29, 0.717) is 6.04 Å². The van der Waals surface area contributed by atoms with E-state index in [1.165, 1.54) is 0 Å². The van der Waals surface area contributed by atoms with Gasteiger partial charge in [0.15, 0.2) is 0 Å². The molecule has 1 N–H and O–H groups in total. The number of hydrogen-bond donors (Lipinski definition) is 1. The molecule has 0 spiro atoms. The maximum atomic E-state index is 11.7. The molecular formula is C10H20N2O2. The summed E-state index contributed by atoms with van der Waals surface area (Å²) in [5.41, 5.74) is 0. The normalized spacial score (nSPS) is 26.7. The number of nitrogens with zero attached hydrogens (tertiary/aromatic N) is 2. The molecule has 82 valence electrons. The van der Waals surface area contributed by atoms with Gasteiger partial charge in [0.2, 0.25) is 5.91 Å². The van der Waals surface area contributed by atoms with Gasteiger partial charge in [-0.15, -0.1) is 0 Å². The summed E-state index contributed by atoms with van der Waals surface area (Å²) in [6, 6.07) is 0.0356. The molecule has 1 aliphatic rings. The number of rotatable bonds is 3. The van der Waals surface area contributed by atoms with E-state index < -0.39 is 0 Å². The first-order chi connectivity index (χ1) is 6.61. The number of carbonyl (C=O) groups excluding carboxylic acids is 1. The Balaban J connectivity index is 2.71. The smallest absolute Gasteiger partial charge is 0.242 e. The minimum absolute atomic E-state index is 0.0408. The van der Waals surface area contributed by atoms with Crippen molar-refractivity contribution in [2.24, 2.45) is 0 Å². The van der Waals surface area contributed by atoms with E-state index in [-0.39, 0.29) is 18.6 Å². The first kappa shape index (κ1) is 11.5. The molecule has 0 aromatic rings. The maximum Gasteiger partial charge on any atom is 0.242 e. The van der Waals surface area contributed by atoms with Gasteiger partial charge in [-0.1, -0.05) is 6.92 Å². The van der Waals surface area contributed by atoms with Gasteiger partial charge in [0.05, 0.1) is 6.61 Å². The molecule has 1 fully saturated rings. The minimum Gasteiger partial charge on any atom is -0.394 e. The van der Waals surface area contributed by atoms with Crippen LogP contribution in [0.4, 0.5) is 0 Å². The van der Waals surface area contributed by atoms with E-state index in [4.69, 9.17) is 0 Å². The summed E-state index contributed by atoms with van der Waals surface area (Å²) in [7, 11) is 1.79. The van der Waals surface area contributed by atoms with Crippen LogP contribution in [-0.2, 0) is 4.79 Å². The molecule has 1 rings (SSSR count). The van der Waals surface area contributed by atoms with E-state index in [0.717, 1.165) is 19.5 Å².